The number of nitrogens with zero attached hydrogens (tertiary/aromatic N) is 3. The minimum atomic E-state index is 0.534. The maximum absolute atomic E-state index is 6.13. The molecule has 0 saturated heterocycles. The van der Waals surface area contributed by atoms with Crippen LogP contribution in [-0.4, -0.2) is 21.7 Å². The molecule has 0 aromatic carbocycles. The molecule has 2 N–H and O–H groups in total. The van der Waals surface area contributed by atoms with Gasteiger partial charge in [0, 0.05) is 17.8 Å². The van der Waals surface area contributed by atoms with Crippen molar-refractivity contribution in [3.63, 3.8) is 0 Å². The van der Waals surface area contributed by atoms with Gasteiger partial charge >= 0.3 is 0 Å². The van der Waals surface area contributed by atoms with E-state index in [9.17, 15) is 0 Å². The Bertz CT molecular complexity index is 714. The topological polar surface area (TPSA) is 65.4 Å². The van der Waals surface area contributed by atoms with E-state index in [1.165, 1.54) is 0 Å². The smallest absolute Gasteiger partial charge is 0.213 e. The van der Waals surface area contributed by atoms with E-state index < -0.39 is 0 Å². The Morgan fingerprint density at radius 2 is 2.11 bits per heavy atom. The molecule has 3 aromatic rings. The number of fused-ring (bicyclic) bond motifs is 1. The van der Waals surface area contributed by atoms with Crippen molar-refractivity contribution >= 4 is 22.9 Å². The number of methoxy groups -OCH3 is 1. The van der Waals surface area contributed by atoms with Crippen molar-refractivity contribution < 1.29 is 4.74 Å². The van der Waals surface area contributed by atoms with Crippen molar-refractivity contribution in [1.29, 1.82) is 0 Å². The van der Waals surface area contributed by atoms with E-state index in [1.807, 2.05) is 18.2 Å². The highest BCUT2D eigenvalue weighted by molar-refractivity contribution is 6.34. The number of pyridine rings is 2. The van der Waals surface area contributed by atoms with E-state index in [0.717, 1.165) is 16.8 Å². The third kappa shape index (κ3) is 1.98. The largest absolute Gasteiger partial charge is 0.481 e. The number of aromatic nitrogens is 3. The van der Waals surface area contributed by atoms with Gasteiger partial charge in [0.25, 0.3) is 0 Å². The summed E-state index contributed by atoms with van der Waals surface area (Å²) in [6.07, 6.45) is 1.67. The molecule has 0 aliphatic carbocycles. The van der Waals surface area contributed by atoms with Crippen LogP contribution in [0.1, 0.15) is 0 Å². The SMILES string of the molecule is COc1cc(-c2cc3c(Cl)ccc(N)n3n2)ccn1. The van der Waals surface area contributed by atoms with Gasteiger partial charge in [-0.25, -0.2) is 9.50 Å². The van der Waals surface area contributed by atoms with Gasteiger partial charge in [0.1, 0.15) is 5.82 Å². The molecule has 0 aliphatic rings. The molecule has 0 fully saturated rings. The summed E-state index contributed by atoms with van der Waals surface area (Å²) in [7, 11) is 1.57. The highest BCUT2D eigenvalue weighted by Gasteiger charge is 2.10. The van der Waals surface area contributed by atoms with E-state index >= 15 is 0 Å². The molecular weight excluding hydrogens is 264 g/mol. The van der Waals surface area contributed by atoms with Crippen LogP contribution in [0.3, 0.4) is 0 Å². The molecule has 5 nitrogen and oxygen atoms in total. The quantitative estimate of drug-likeness (QED) is 0.780. The number of hydrogen-bond acceptors (Lipinski definition) is 4. The van der Waals surface area contributed by atoms with Gasteiger partial charge in [-0.2, -0.15) is 5.10 Å². The lowest BCUT2D eigenvalue weighted by Crippen LogP contribution is -1.97. The van der Waals surface area contributed by atoms with Crippen LogP contribution in [0.25, 0.3) is 16.8 Å². The first-order valence-electron chi connectivity index (χ1n) is 5.63. The summed E-state index contributed by atoms with van der Waals surface area (Å²) in [6, 6.07) is 9.03. The van der Waals surface area contributed by atoms with E-state index in [2.05, 4.69) is 10.1 Å². The first kappa shape index (κ1) is 11.8. The molecule has 0 aliphatic heterocycles. The number of ether oxygens (including phenoxy) is 1. The lowest BCUT2D eigenvalue weighted by molar-refractivity contribution is 0.398. The van der Waals surface area contributed by atoms with Gasteiger partial charge in [0.05, 0.1) is 23.3 Å². The highest BCUT2D eigenvalue weighted by atomic mass is 35.5. The van der Waals surface area contributed by atoms with E-state index in [1.54, 1.807) is 30.0 Å². The number of nitrogens with two attached hydrogens (primary N) is 1. The summed E-state index contributed by atoms with van der Waals surface area (Å²) in [6.45, 7) is 0. The number of rotatable bonds is 2. The van der Waals surface area contributed by atoms with E-state index in [-0.39, 0.29) is 0 Å². The fourth-order valence-corrected chi connectivity index (χ4v) is 2.08. The summed E-state index contributed by atoms with van der Waals surface area (Å²) in [4.78, 5) is 4.06. The molecule has 3 aromatic heterocycles. The van der Waals surface area contributed by atoms with Crippen LogP contribution in [0.5, 0.6) is 5.88 Å². The minimum Gasteiger partial charge on any atom is -0.481 e. The molecule has 6 heteroatoms. The Hall–Kier alpha value is -2.27. The zero-order valence-electron chi connectivity index (χ0n) is 10.2. The average Bonchev–Trinajstić information content (AvgIpc) is 2.89. The van der Waals surface area contributed by atoms with Gasteiger partial charge in [-0.1, -0.05) is 11.6 Å². The number of nitrogen functional groups attached to an aromatic ring is 1. The van der Waals surface area contributed by atoms with Crippen molar-refractivity contribution in [2.75, 3.05) is 12.8 Å². The fraction of sp³-hybridized carbons (Fsp3) is 0.0769. The second-order valence-electron chi connectivity index (χ2n) is 4.02. The van der Waals surface area contributed by atoms with Gasteiger partial charge < -0.3 is 10.5 Å². The maximum atomic E-state index is 6.13. The molecule has 0 spiro atoms. The van der Waals surface area contributed by atoms with Crippen LogP contribution in [0.2, 0.25) is 5.02 Å². The van der Waals surface area contributed by atoms with Crippen LogP contribution in [-0.2, 0) is 0 Å². The summed E-state index contributed by atoms with van der Waals surface area (Å²) in [5.74, 6) is 1.07. The van der Waals surface area contributed by atoms with Crippen molar-refractivity contribution in [3.8, 4) is 17.1 Å². The van der Waals surface area contributed by atoms with Crippen LogP contribution >= 0.6 is 11.6 Å². The molecule has 96 valence electrons. The number of hydrogen-bond donors (Lipinski definition) is 1. The van der Waals surface area contributed by atoms with Crippen molar-refractivity contribution in [2.24, 2.45) is 0 Å². The molecule has 0 amide bonds. The summed E-state index contributed by atoms with van der Waals surface area (Å²) < 4.78 is 6.72. The zero-order chi connectivity index (χ0) is 13.4. The third-order valence-corrected chi connectivity index (χ3v) is 3.16. The lowest BCUT2D eigenvalue weighted by Gasteiger charge is -2.00. The Morgan fingerprint density at radius 1 is 1.26 bits per heavy atom. The Morgan fingerprint density at radius 3 is 2.84 bits per heavy atom. The first-order valence-corrected chi connectivity index (χ1v) is 6.01. The number of anilines is 1. The van der Waals surface area contributed by atoms with Gasteiger partial charge in [-0.3, -0.25) is 0 Å². The average molecular weight is 275 g/mol. The van der Waals surface area contributed by atoms with Crippen molar-refractivity contribution in [1.82, 2.24) is 14.6 Å². The summed E-state index contributed by atoms with van der Waals surface area (Å²) in [5, 5.41) is 5.05. The van der Waals surface area contributed by atoms with Crippen molar-refractivity contribution in [3.05, 3.63) is 41.6 Å². The molecular formula is C13H11ClN4O. The Kier molecular flexibility index (Phi) is 2.76. The highest BCUT2D eigenvalue weighted by Crippen LogP contribution is 2.27. The predicted octanol–water partition coefficient (Wildman–Crippen LogP) is 2.64. The van der Waals surface area contributed by atoms with Gasteiger partial charge in [0.2, 0.25) is 5.88 Å². The maximum Gasteiger partial charge on any atom is 0.213 e. The Labute approximate surface area is 114 Å². The molecule has 19 heavy (non-hydrogen) atoms. The first-order chi connectivity index (χ1) is 9.19. The molecule has 0 saturated carbocycles. The van der Waals surface area contributed by atoms with Crippen LogP contribution < -0.4 is 10.5 Å². The molecule has 0 bridgehead atoms. The van der Waals surface area contributed by atoms with E-state index in [0.29, 0.717) is 16.7 Å². The fourth-order valence-electron chi connectivity index (χ4n) is 1.88. The second kappa shape index (κ2) is 4.44. The Balaban J connectivity index is 2.20. The standard InChI is InChI=1S/C13H11ClN4O/c1-19-13-6-8(4-5-16-13)10-7-11-9(14)2-3-12(15)18(11)17-10/h2-7H,15H2,1H3. The van der Waals surface area contributed by atoms with Crippen LogP contribution in [0, 0.1) is 0 Å². The summed E-state index contributed by atoms with van der Waals surface area (Å²) >= 11 is 6.13. The summed E-state index contributed by atoms with van der Waals surface area (Å²) in [5.41, 5.74) is 8.31. The van der Waals surface area contributed by atoms with Crippen molar-refractivity contribution in [2.45, 2.75) is 0 Å². The van der Waals surface area contributed by atoms with Gasteiger partial charge in [0.15, 0.2) is 0 Å². The van der Waals surface area contributed by atoms with Gasteiger partial charge in [-0.05, 0) is 24.3 Å². The molecule has 0 radical (unpaired) electrons. The lowest BCUT2D eigenvalue weighted by atomic mass is 10.2. The molecule has 3 heterocycles. The molecule has 0 atom stereocenters. The van der Waals surface area contributed by atoms with E-state index in [4.69, 9.17) is 22.1 Å². The molecule has 0 unspecified atom stereocenters. The minimum absolute atomic E-state index is 0.534. The van der Waals surface area contributed by atoms with Crippen LogP contribution in [0.4, 0.5) is 5.82 Å². The third-order valence-electron chi connectivity index (χ3n) is 2.84. The number of halogens is 1. The normalized spacial score (nSPS) is 10.8. The molecule has 3 rings (SSSR count). The second-order valence-corrected chi connectivity index (χ2v) is 4.43. The predicted molar refractivity (Wildman–Crippen MR) is 74.4 cm³/mol. The van der Waals surface area contributed by atoms with Gasteiger partial charge in [-0.15, -0.1) is 0 Å². The zero-order valence-corrected chi connectivity index (χ0v) is 10.9. The van der Waals surface area contributed by atoms with Crippen LogP contribution in [0.15, 0.2) is 36.5 Å². The monoisotopic (exact) mass is 274 g/mol.